The van der Waals surface area contributed by atoms with E-state index < -0.39 is 41.2 Å². The van der Waals surface area contributed by atoms with Gasteiger partial charge in [0.15, 0.2) is 5.82 Å². The van der Waals surface area contributed by atoms with Gasteiger partial charge in [0.1, 0.15) is 42.4 Å². The Balaban J connectivity index is 0.690. The number of anilines is 1. The summed E-state index contributed by atoms with van der Waals surface area (Å²) in [5.74, 6) is -1.39. The van der Waals surface area contributed by atoms with Crippen LogP contribution in [0.3, 0.4) is 0 Å². The Morgan fingerprint density at radius 3 is 2.30 bits per heavy atom. The first-order chi connectivity index (χ1) is 38.5. The van der Waals surface area contributed by atoms with Gasteiger partial charge in [-0.3, -0.25) is 14.4 Å². The minimum Gasteiger partial charge on any atom is -0.508 e. The molecule has 0 aliphatic carbocycles. The van der Waals surface area contributed by atoms with E-state index in [9.17, 15) is 24.6 Å². The summed E-state index contributed by atoms with van der Waals surface area (Å²) in [5.41, 5.74) is 4.91. The Bertz CT molecular complexity index is 3050. The van der Waals surface area contributed by atoms with Crippen molar-refractivity contribution in [3.05, 3.63) is 94.3 Å². The molecule has 2 fully saturated rings. The maximum absolute atomic E-state index is 16.8. The Hall–Kier alpha value is -6.14. The molecule has 2 aliphatic rings. The number of aromatic nitrogens is 3. The highest BCUT2D eigenvalue weighted by molar-refractivity contribution is 7.13. The van der Waals surface area contributed by atoms with Crippen molar-refractivity contribution in [2.24, 2.45) is 5.41 Å². The number of fused-ring (bicyclic) bond motifs is 2. The topological polar surface area (TPSA) is 222 Å². The first kappa shape index (κ1) is 60.0. The third-order valence-corrected chi connectivity index (χ3v) is 15.3. The zero-order valence-corrected chi connectivity index (χ0v) is 47.7. The number of nitrogens with one attached hydrogen (secondary N) is 3. The number of likely N-dealkylation sites (tertiary alicyclic amines) is 1. The number of carbonyl (C=O) groups is 3. The van der Waals surface area contributed by atoms with Gasteiger partial charge in [0, 0.05) is 69.7 Å². The van der Waals surface area contributed by atoms with Gasteiger partial charge in [-0.25, -0.2) is 9.37 Å². The molecule has 2 aromatic heterocycles. The quantitative estimate of drug-likeness (QED) is 0.0372. The highest BCUT2D eigenvalue weighted by Gasteiger charge is 2.44. The second-order valence-corrected chi connectivity index (χ2v) is 22.3. The van der Waals surface area contributed by atoms with Crippen LogP contribution in [-0.2, 0) is 39.8 Å². The number of phenols is 1. The Morgan fingerprint density at radius 1 is 0.912 bits per heavy atom. The molecule has 6 aromatic rings. The number of halogens is 2. The van der Waals surface area contributed by atoms with E-state index in [0.29, 0.717) is 88.9 Å². The van der Waals surface area contributed by atoms with Gasteiger partial charge < -0.3 is 64.5 Å². The van der Waals surface area contributed by atoms with Crippen LogP contribution in [0.5, 0.6) is 11.8 Å². The summed E-state index contributed by atoms with van der Waals surface area (Å²) >= 11 is 8.44. The molecule has 8 rings (SSSR count). The van der Waals surface area contributed by atoms with Crippen molar-refractivity contribution in [2.45, 2.75) is 58.7 Å². The number of thiazole rings is 1. The third-order valence-electron chi connectivity index (χ3n) is 14.0. The zero-order chi connectivity index (χ0) is 56.8. The molecule has 2 saturated heterocycles. The molecule has 3 atom stereocenters. The molecule has 0 bridgehead atoms. The lowest BCUT2D eigenvalue weighted by Gasteiger charge is -2.35. The fourth-order valence-corrected chi connectivity index (χ4v) is 10.8. The van der Waals surface area contributed by atoms with Gasteiger partial charge in [0.2, 0.25) is 17.7 Å². The van der Waals surface area contributed by atoms with Gasteiger partial charge in [0.05, 0.1) is 73.5 Å². The number of aliphatic hydroxyl groups is 1. The molecule has 5 N–H and O–H groups in total. The minimum absolute atomic E-state index is 0.00630. The van der Waals surface area contributed by atoms with E-state index in [1.54, 1.807) is 23.5 Å². The molecule has 2 aliphatic heterocycles. The van der Waals surface area contributed by atoms with Crippen molar-refractivity contribution >= 4 is 68.2 Å². The Labute approximate surface area is 475 Å². The van der Waals surface area contributed by atoms with E-state index in [4.69, 9.17) is 40.3 Å². The fraction of sp³-hybridized carbons (Fsp3) is 0.483. The number of benzene rings is 4. The monoisotopic (exact) mass is 1140 g/mol. The molecule has 0 spiro atoms. The summed E-state index contributed by atoms with van der Waals surface area (Å²) in [6.07, 6.45) is -0.183. The largest absolute Gasteiger partial charge is 0.508 e. The van der Waals surface area contributed by atoms with Crippen molar-refractivity contribution in [3.8, 4) is 33.3 Å². The third kappa shape index (κ3) is 15.9. The lowest BCUT2D eigenvalue weighted by atomic mass is 9.85. The number of rotatable bonds is 27. The van der Waals surface area contributed by atoms with Gasteiger partial charge >= 0.3 is 6.01 Å². The van der Waals surface area contributed by atoms with Crippen LogP contribution < -0.4 is 25.6 Å². The second-order valence-electron chi connectivity index (χ2n) is 21.0. The van der Waals surface area contributed by atoms with Gasteiger partial charge in [-0.1, -0.05) is 80.9 Å². The average Bonchev–Trinajstić information content (AvgIpc) is 4.18. The normalized spacial score (nSPS) is 16.2. The van der Waals surface area contributed by atoms with E-state index in [1.807, 2.05) is 93.7 Å². The number of phenolic OH excluding ortho intramolecular Hbond substituents is 1. The molecule has 4 heterocycles. The maximum atomic E-state index is 16.8. The van der Waals surface area contributed by atoms with Crippen LogP contribution in [0.1, 0.15) is 38.4 Å². The van der Waals surface area contributed by atoms with Crippen LogP contribution in [0.25, 0.3) is 43.2 Å². The lowest BCUT2D eigenvalue weighted by Crippen LogP contribution is -2.58. The highest BCUT2D eigenvalue weighted by Crippen LogP contribution is 2.42. The first-order valence-electron chi connectivity index (χ1n) is 27.1. The number of hydrogen-bond donors (Lipinski definition) is 5. The highest BCUT2D eigenvalue weighted by atomic mass is 35.5. The molecule has 0 radical (unpaired) electrons. The predicted octanol–water partition coefficient (Wildman–Crippen LogP) is 6.02. The number of carbonyl (C=O) groups excluding carboxylic acids is 3. The lowest BCUT2D eigenvalue weighted by molar-refractivity contribution is -0.144. The van der Waals surface area contributed by atoms with Crippen molar-refractivity contribution in [2.75, 3.05) is 124 Å². The number of β-amino-alcohol motifs (C(OH)–C–C–N with tert-alkyl or cyclic N) is 1. The molecule has 430 valence electrons. The average molecular weight is 1140 g/mol. The molecule has 80 heavy (non-hydrogen) atoms. The zero-order valence-electron chi connectivity index (χ0n) is 46.1. The van der Waals surface area contributed by atoms with Crippen molar-refractivity contribution in [1.29, 1.82) is 0 Å². The van der Waals surface area contributed by atoms with Crippen molar-refractivity contribution in [3.63, 3.8) is 0 Å². The van der Waals surface area contributed by atoms with Gasteiger partial charge in [-0.2, -0.15) is 9.97 Å². The van der Waals surface area contributed by atoms with Crippen LogP contribution in [0.15, 0.2) is 72.2 Å². The van der Waals surface area contributed by atoms with Gasteiger partial charge in [-0.05, 0) is 71.5 Å². The van der Waals surface area contributed by atoms with E-state index >= 15 is 4.39 Å². The van der Waals surface area contributed by atoms with E-state index in [2.05, 4.69) is 30.8 Å². The Kier molecular flexibility index (Phi) is 21.4. The molecule has 19 nitrogen and oxygen atoms in total. The summed E-state index contributed by atoms with van der Waals surface area (Å²) in [7, 11) is 1.94. The second kappa shape index (κ2) is 28.5. The molecule has 3 amide bonds. The van der Waals surface area contributed by atoms with Crippen LogP contribution in [-0.4, -0.2) is 190 Å². The minimum atomic E-state index is -0.973. The van der Waals surface area contributed by atoms with Crippen LogP contribution >= 0.6 is 22.9 Å². The number of aromatic hydroxyl groups is 1. The van der Waals surface area contributed by atoms with E-state index in [0.717, 1.165) is 45.6 Å². The number of nitrogens with zero attached hydrogens (tertiary/aromatic N) is 6. The van der Waals surface area contributed by atoms with E-state index in [1.165, 1.54) is 11.0 Å². The van der Waals surface area contributed by atoms with Crippen LogP contribution in [0.4, 0.5) is 10.2 Å². The number of hydrogen-bond acceptors (Lipinski definition) is 17. The number of aliphatic hydroxyl groups excluding tert-OH is 1. The number of ether oxygens (including phenoxy) is 5. The molecular weight excluding hydrogens is 1070 g/mol. The molecule has 0 saturated carbocycles. The number of likely N-dealkylation sites (N-methyl/N-ethyl adjacent to an activating group) is 1. The summed E-state index contributed by atoms with van der Waals surface area (Å²) in [5, 5.41) is 32.4. The predicted molar refractivity (Wildman–Crippen MR) is 307 cm³/mol. The van der Waals surface area contributed by atoms with Crippen LogP contribution in [0, 0.1) is 18.2 Å². The van der Waals surface area contributed by atoms with Crippen LogP contribution in [0.2, 0.25) is 5.02 Å². The Morgan fingerprint density at radius 2 is 1.60 bits per heavy atom. The van der Waals surface area contributed by atoms with Crippen molar-refractivity contribution < 1.29 is 52.7 Å². The number of amides is 3. The molecule has 22 heteroatoms. The first-order valence-corrected chi connectivity index (χ1v) is 28.4. The van der Waals surface area contributed by atoms with Crippen molar-refractivity contribution in [1.82, 2.24) is 40.7 Å². The summed E-state index contributed by atoms with van der Waals surface area (Å²) in [4.78, 5) is 60.7. The maximum Gasteiger partial charge on any atom is 0.319 e. The van der Waals surface area contributed by atoms with Gasteiger partial charge in [-0.15, -0.1) is 11.3 Å². The standard InChI is InChI=1S/C58H73ClFN9O10S/c1-37-52(80-36-63-37)39-12-10-38(11-13-39)14-15-62-55(73)47-32-42(71)34-69(47)56(74)53(58(2,3)4)64-48(72)35-78-29-28-77-27-26-76-25-24-75-22-20-67(5)21-23-79-57-65-51-45(54(66-57)68-18-16-61-17-19-68)33-46(59)49(50(51)60)44-31-41(70)30-40-8-6-7-9-43(40)44/h6-13,30-31,33,36,42,47,53,61,70-71H,14-29,32,34-35H2,1-5H3,(H,62,73)(H,64,72)/t42?,47?,53-/m1/s1. The summed E-state index contributed by atoms with van der Waals surface area (Å²) in [6, 6.07) is 18.6. The van der Waals surface area contributed by atoms with E-state index in [-0.39, 0.29) is 73.2 Å². The fourth-order valence-electron chi connectivity index (χ4n) is 9.71. The van der Waals surface area contributed by atoms with Gasteiger partial charge in [0.25, 0.3) is 0 Å². The molecule has 4 aromatic carbocycles. The molecular formula is C58H73ClFN9O10S. The molecule has 2 unspecified atom stereocenters. The smallest absolute Gasteiger partial charge is 0.319 e. The summed E-state index contributed by atoms with van der Waals surface area (Å²) in [6.45, 7) is 13.9. The number of piperazine rings is 1. The number of aryl methyl sites for hydroxylation is 1. The SMILES string of the molecule is Cc1ncsc1-c1ccc(CCNC(=O)C2CC(O)CN2C(=O)[C@@H](NC(=O)COCCOCCOCCOCCN(C)CCOc2nc(N3CCNCC3)c3cc(Cl)c(-c4cc(O)cc5ccccc45)c(F)c3n2)C(C)(C)C)cc1. The summed E-state index contributed by atoms with van der Waals surface area (Å²) < 4.78 is 45.5.